The van der Waals surface area contributed by atoms with Crippen molar-refractivity contribution in [2.24, 2.45) is 12.8 Å². The molecule has 1 fully saturated rings. The van der Waals surface area contributed by atoms with E-state index in [9.17, 15) is 27.2 Å². The van der Waals surface area contributed by atoms with Crippen LogP contribution in [0.1, 0.15) is 22.3 Å². The summed E-state index contributed by atoms with van der Waals surface area (Å²) < 4.78 is 63.0. The average molecular weight is 521 g/mol. The number of amides is 2. The van der Waals surface area contributed by atoms with Crippen LogP contribution in [-0.4, -0.2) is 63.2 Å². The van der Waals surface area contributed by atoms with E-state index in [1.807, 2.05) is 0 Å². The van der Waals surface area contributed by atoms with Crippen molar-refractivity contribution in [2.45, 2.75) is 31.5 Å². The summed E-state index contributed by atoms with van der Waals surface area (Å²) in [5.41, 5.74) is 7.24. The van der Waals surface area contributed by atoms with Crippen molar-refractivity contribution in [1.82, 2.24) is 19.7 Å². The molecule has 3 heterocycles. The van der Waals surface area contributed by atoms with E-state index in [0.717, 1.165) is 12.1 Å². The molecule has 1 aliphatic rings. The van der Waals surface area contributed by atoms with Crippen molar-refractivity contribution in [3.8, 4) is 22.8 Å². The molecule has 9 nitrogen and oxygen atoms in total. The summed E-state index contributed by atoms with van der Waals surface area (Å²) in [6.45, 7) is -0.0721. The van der Waals surface area contributed by atoms with Gasteiger partial charge in [-0.05, 0) is 23.8 Å². The number of pyridine rings is 1. The fourth-order valence-electron chi connectivity index (χ4n) is 3.93. The lowest BCUT2D eigenvalue weighted by Gasteiger charge is -2.34. The average Bonchev–Trinajstić information content (AvgIpc) is 3.27. The van der Waals surface area contributed by atoms with E-state index < -0.39 is 30.3 Å². The van der Waals surface area contributed by atoms with E-state index in [4.69, 9.17) is 10.5 Å². The van der Waals surface area contributed by atoms with Crippen LogP contribution >= 0.6 is 0 Å². The van der Waals surface area contributed by atoms with Crippen LogP contribution in [0.3, 0.4) is 0 Å². The zero-order chi connectivity index (χ0) is 26.7. The summed E-state index contributed by atoms with van der Waals surface area (Å²) in [5.74, 6) is -1.68. The molecule has 2 amide bonds. The van der Waals surface area contributed by atoms with Gasteiger partial charge in [-0.25, -0.2) is 9.37 Å². The van der Waals surface area contributed by atoms with Crippen LogP contribution in [0.15, 0.2) is 48.9 Å². The number of alkyl halides is 4. The molecule has 0 radical (unpaired) electrons. The van der Waals surface area contributed by atoms with Crippen LogP contribution in [0.25, 0.3) is 11.1 Å². The minimum atomic E-state index is -4.81. The Kier molecular flexibility index (Phi) is 7.32. The topological polar surface area (TPSA) is 113 Å². The largest absolute Gasteiger partial charge is 0.573 e. The zero-order valence-electron chi connectivity index (χ0n) is 19.6. The van der Waals surface area contributed by atoms with Gasteiger partial charge in [0.2, 0.25) is 11.8 Å². The molecular formula is C24H23F4N5O4. The number of carbonyl (C=O) groups is 2. The standard InChI is InChI=1S/C24H23F4N5O4/c1-32-12-16(11-31-32)15-9-18(22(29)35)23(30-10-15)36-20-6-7-33(13-19(20)25)21(34)8-14-2-4-17(5-3-14)37-24(26,27)28/h2-5,9-12,19-20H,6-8,13H2,1H3,(H2,29,35)/t19-,20-/m0/s1. The predicted molar refractivity (Wildman–Crippen MR) is 122 cm³/mol. The van der Waals surface area contributed by atoms with Crippen molar-refractivity contribution < 1.29 is 36.6 Å². The van der Waals surface area contributed by atoms with Crippen LogP contribution in [0.5, 0.6) is 11.6 Å². The summed E-state index contributed by atoms with van der Waals surface area (Å²) in [6, 6.07) is 6.40. The molecule has 0 bridgehead atoms. The van der Waals surface area contributed by atoms with Crippen molar-refractivity contribution >= 4 is 11.8 Å². The maximum Gasteiger partial charge on any atom is 0.573 e. The highest BCUT2D eigenvalue weighted by Crippen LogP contribution is 2.28. The molecule has 2 N–H and O–H groups in total. The normalized spacial score (nSPS) is 17.9. The monoisotopic (exact) mass is 521 g/mol. The van der Waals surface area contributed by atoms with Gasteiger partial charge in [0.1, 0.15) is 17.4 Å². The number of hydrogen-bond donors (Lipinski definition) is 1. The molecule has 0 spiro atoms. The first-order chi connectivity index (χ1) is 17.5. The number of hydrogen-bond acceptors (Lipinski definition) is 6. The molecule has 1 aliphatic heterocycles. The molecule has 2 aromatic heterocycles. The number of benzene rings is 1. The van der Waals surface area contributed by atoms with Gasteiger partial charge in [0.15, 0.2) is 6.17 Å². The first-order valence-corrected chi connectivity index (χ1v) is 11.2. The minimum Gasteiger partial charge on any atom is -0.471 e. The van der Waals surface area contributed by atoms with E-state index in [-0.39, 0.29) is 43.3 Å². The molecule has 37 heavy (non-hydrogen) atoms. The number of piperidine rings is 1. The quantitative estimate of drug-likeness (QED) is 0.479. The van der Waals surface area contributed by atoms with Crippen molar-refractivity contribution in [2.75, 3.05) is 13.1 Å². The highest BCUT2D eigenvalue weighted by molar-refractivity contribution is 5.96. The first-order valence-electron chi connectivity index (χ1n) is 11.2. The second kappa shape index (κ2) is 10.4. The van der Waals surface area contributed by atoms with Gasteiger partial charge in [0.25, 0.3) is 5.91 Å². The van der Waals surface area contributed by atoms with E-state index in [0.29, 0.717) is 16.7 Å². The molecule has 13 heteroatoms. The van der Waals surface area contributed by atoms with Crippen LogP contribution in [0, 0.1) is 0 Å². The summed E-state index contributed by atoms with van der Waals surface area (Å²) in [6.07, 6.45) is -2.53. The zero-order valence-corrected chi connectivity index (χ0v) is 19.6. The second-order valence-corrected chi connectivity index (χ2v) is 8.51. The molecule has 0 saturated carbocycles. The Morgan fingerprint density at radius 2 is 1.89 bits per heavy atom. The van der Waals surface area contributed by atoms with Crippen LogP contribution in [0.4, 0.5) is 17.6 Å². The number of carbonyl (C=O) groups excluding carboxylic acids is 2. The number of ether oxygens (including phenoxy) is 2. The SMILES string of the molecule is Cn1cc(-c2cnc(O[C@H]3CCN(C(=O)Cc4ccc(OC(F)(F)F)cc4)C[C@@H]3F)c(C(N)=O)c2)cn1. The maximum atomic E-state index is 15.0. The van der Waals surface area contributed by atoms with E-state index in [1.165, 1.54) is 29.3 Å². The molecule has 2 atom stereocenters. The molecule has 0 aliphatic carbocycles. The number of primary amides is 1. The smallest absolute Gasteiger partial charge is 0.471 e. The minimum absolute atomic E-state index is 0.00925. The van der Waals surface area contributed by atoms with Crippen molar-refractivity contribution in [3.05, 3.63) is 60.0 Å². The number of nitrogens with two attached hydrogens (primary N) is 1. The van der Waals surface area contributed by atoms with Crippen LogP contribution in [-0.2, 0) is 18.3 Å². The third-order valence-corrected chi connectivity index (χ3v) is 5.76. The Balaban J connectivity index is 1.37. The predicted octanol–water partition coefficient (Wildman–Crippen LogP) is 3.04. The fourth-order valence-corrected chi connectivity index (χ4v) is 3.93. The number of aryl methyl sites for hydroxylation is 1. The Morgan fingerprint density at radius 3 is 2.49 bits per heavy atom. The molecule has 196 valence electrons. The highest BCUT2D eigenvalue weighted by atomic mass is 19.4. The van der Waals surface area contributed by atoms with Crippen molar-refractivity contribution in [1.29, 1.82) is 0 Å². The van der Waals surface area contributed by atoms with Gasteiger partial charge in [-0.3, -0.25) is 14.3 Å². The Bertz CT molecular complexity index is 1280. The summed E-state index contributed by atoms with van der Waals surface area (Å²) in [5, 5.41) is 4.07. The van der Waals surface area contributed by atoms with Crippen LogP contribution < -0.4 is 15.2 Å². The molecule has 0 unspecified atom stereocenters. The summed E-state index contributed by atoms with van der Waals surface area (Å²) >= 11 is 0. The van der Waals surface area contributed by atoms with Gasteiger partial charge in [0.05, 0.1) is 19.2 Å². The lowest BCUT2D eigenvalue weighted by atomic mass is 10.0. The van der Waals surface area contributed by atoms with Gasteiger partial charge in [-0.1, -0.05) is 12.1 Å². The molecule has 4 rings (SSSR count). The molecule has 3 aromatic rings. The maximum absolute atomic E-state index is 15.0. The Morgan fingerprint density at radius 1 is 1.16 bits per heavy atom. The number of aromatic nitrogens is 3. The molecular weight excluding hydrogens is 498 g/mol. The number of halogens is 4. The first kappa shape index (κ1) is 25.9. The fraction of sp³-hybridized carbons (Fsp3) is 0.333. The lowest BCUT2D eigenvalue weighted by Crippen LogP contribution is -2.49. The number of likely N-dealkylation sites (tertiary alicyclic amines) is 1. The number of rotatable bonds is 7. The van der Waals surface area contributed by atoms with Crippen molar-refractivity contribution in [3.63, 3.8) is 0 Å². The molecule has 1 saturated heterocycles. The highest BCUT2D eigenvalue weighted by Gasteiger charge is 2.34. The van der Waals surface area contributed by atoms with Gasteiger partial charge >= 0.3 is 6.36 Å². The second-order valence-electron chi connectivity index (χ2n) is 8.51. The Labute approximate surface area is 208 Å². The number of nitrogens with zero attached hydrogens (tertiary/aromatic N) is 4. The van der Waals surface area contributed by atoms with Gasteiger partial charge in [-0.2, -0.15) is 5.10 Å². The van der Waals surface area contributed by atoms with E-state index in [1.54, 1.807) is 24.1 Å². The van der Waals surface area contributed by atoms with Gasteiger partial charge < -0.3 is 20.1 Å². The summed E-state index contributed by atoms with van der Waals surface area (Å²) in [7, 11) is 1.74. The van der Waals surface area contributed by atoms with Gasteiger partial charge in [-0.15, -0.1) is 13.2 Å². The van der Waals surface area contributed by atoms with Gasteiger partial charge in [0, 0.05) is 43.5 Å². The Hall–Kier alpha value is -4.16. The third kappa shape index (κ3) is 6.54. The third-order valence-electron chi connectivity index (χ3n) is 5.76. The van der Waals surface area contributed by atoms with E-state index >= 15 is 0 Å². The summed E-state index contributed by atoms with van der Waals surface area (Å²) in [4.78, 5) is 30.1. The van der Waals surface area contributed by atoms with Crippen LogP contribution in [0.2, 0.25) is 0 Å². The lowest BCUT2D eigenvalue weighted by molar-refractivity contribution is -0.274. The molecule has 1 aromatic carbocycles. The van der Waals surface area contributed by atoms with E-state index in [2.05, 4.69) is 14.8 Å².